The van der Waals surface area contributed by atoms with Crippen LogP contribution in [0, 0.1) is 5.82 Å². The van der Waals surface area contributed by atoms with Gasteiger partial charge in [-0.3, -0.25) is 9.69 Å². The number of benzene rings is 2. The predicted octanol–water partition coefficient (Wildman–Crippen LogP) is 3.49. The van der Waals surface area contributed by atoms with E-state index in [0.717, 1.165) is 51.1 Å². The smallest absolute Gasteiger partial charge is 0.222 e. The summed E-state index contributed by atoms with van der Waals surface area (Å²) in [4.78, 5) is 16.7. The highest BCUT2D eigenvalue weighted by Crippen LogP contribution is 2.12. The number of amides is 1. The first kappa shape index (κ1) is 17.6. The Morgan fingerprint density at radius 1 is 0.880 bits per heavy atom. The lowest BCUT2D eigenvalue weighted by Crippen LogP contribution is -2.48. The molecule has 3 nitrogen and oxygen atoms in total. The summed E-state index contributed by atoms with van der Waals surface area (Å²) in [5.74, 6) is 0.0621. The monoisotopic (exact) mass is 340 g/mol. The van der Waals surface area contributed by atoms with Gasteiger partial charge >= 0.3 is 0 Å². The van der Waals surface area contributed by atoms with Gasteiger partial charge in [-0.1, -0.05) is 42.5 Å². The average molecular weight is 340 g/mol. The normalized spacial score (nSPS) is 15.3. The van der Waals surface area contributed by atoms with Crippen LogP contribution in [0.2, 0.25) is 0 Å². The van der Waals surface area contributed by atoms with E-state index in [1.807, 2.05) is 35.2 Å². The maximum atomic E-state index is 13.0. The lowest BCUT2D eigenvalue weighted by molar-refractivity contribution is -0.133. The fourth-order valence-corrected chi connectivity index (χ4v) is 3.25. The quantitative estimate of drug-likeness (QED) is 0.804. The minimum atomic E-state index is -0.199. The second kappa shape index (κ2) is 8.77. The van der Waals surface area contributed by atoms with Crippen LogP contribution in [-0.4, -0.2) is 41.9 Å². The molecule has 2 aromatic rings. The Morgan fingerprint density at radius 2 is 1.56 bits per heavy atom. The Bertz CT molecular complexity index is 664. The summed E-state index contributed by atoms with van der Waals surface area (Å²) in [5, 5.41) is 0. The van der Waals surface area contributed by atoms with Crippen LogP contribution >= 0.6 is 0 Å². The second-order valence-electron chi connectivity index (χ2n) is 6.62. The molecule has 1 saturated heterocycles. The molecular formula is C21H25FN2O. The van der Waals surface area contributed by atoms with Crippen LogP contribution in [0.5, 0.6) is 0 Å². The highest BCUT2D eigenvalue weighted by Gasteiger charge is 2.20. The molecular weight excluding hydrogens is 315 g/mol. The summed E-state index contributed by atoms with van der Waals surface area (Å²) in [6.07, 6.45) is 2.47. The van der Waals surface area contributed by atoms with Crippen molar-refractivity contribution in [3.8, 4) is 0 Å². The minimum Gasteiger partial charge on any atom is -0.340 e. The van der Waals surface area contributed by atoms with Gasteiger partial charge < -0.3 is 4.90 Å². The van der Waals surface area contributed by atoms with E-state index in [0.29, 0.717) is 6.42 Å². The van der Waals surface area contributed by atoms with Crippen LogP contribution < -0.4 is 0 Å². The van der Waals surface area contributed by atoms with Gasteiger partial charge in [0.15, 0.2) is 0 Å². The summed E-state index contributed by atoms with van der Waals surface area (Å²) in [5.41, 5.74) is 2.41. The summed E-state index contributed by atoms with van der Waals surface area (Å²) in [6, 6.07) is 17.0. The summed E-state index contributed by atoms with van der Waals surface area (Å²) >= 11 is 0. The van der Waals surface area contributed by atoms with E-state index in [1.54, 1.807) is 0 Å². The number of hydrogen-bond acceptors (Lipinski definition) is 2. The fraction of sp³-hybridized carbons (Fsp3) is 0.381. The van der Waals surface area contributed by atoms with E-state index in [9.17, 15) is 9.18 Å². The van der Waals surface area contributed by atoms with Gasteiger partial charge in [-0.05, 0) is 36.1 Å². The average Bonchev–Trinajstić information content (AvgIpc) is 2.65. The first-order valence-corrected chi connectivity index (χ1v) is 8.99. The van der Waals surface area contributed by atoms with Crippen molar-refractivity contribution in [2.45, 2.75) is 25.8 Å². The Kier molecular flexibility index (Phi) is 6.18. The third-order valence-electron chi connectivity index (χ3n) is 4.74. The number of carbonyl (C=O) groups excluding carboxylic acids is 1. The number of nitrogens with zero attached hydrogens (tertiary/aromatic N) is 2. The van der Waals surface area contributed by atoms with Crippen molar-refractivity contribution in [2.24, 2.45) is 0 Å². The van der Waals surface area contributed by atoms with Crippen molar-refractivity contribution in [3.05, 3.63) is 71.5 Å². The number of piperazine rings is 1. The van der Waals surface area contributed by atoms with E-state index in [1.165, 1.54) is 17.7 Å². The maximum Gasteiger partial charge on any atom is 0.222 e. The molecule has 0 saturated carbocycles. The Balaban J connectivity index is 1.38. The van der Waals surface area contributed by atoms with Crippen molar-refractivity contribution in [2.75, 3.05) is 26.2 Å². The van der Waals surface area contributed by atoms with Crippen molar-refractivity contribution in [1.29, 1.82) is 0 Å². The van der Waals surface area contributed by atoms with Crippen molar-refractivity contribution in [3.63, 3.8) is 0 Å². The molecule has 0 spiro atoms. The molecule has 3 rings (SSSR count). The summed E-state index contributed by atoms with van der Waals surface area (Å²) in [6.45, 7) is 4.14. The van der Waals surface area contributed by atoms with Gasteiger partial charge in [0.1, 0.15) is 5.82 Å². The van der Waals surface area contributed by atoms with Crippen LogP contribution in [0.25, 0.3) is 0 Å². The largest absolute Gasteiger partial charge is 0.340 e. The molecule has 0 aliphatic carbocycles. The molecule has 0 N–H and O–H groups in total. The van der Waals surface area contributed by atoms with E-state index >= 15 is 0 Å². The molecule has 1 fully saturated rings. The lowest BCUT2D eigenvalue weighted by atomic mass is 10.1. The van der Waals surface area contributed by atoms with Gasteiger partial charge in [0.2, 0.25) is 5.91 Å². The van der Waals surface area contributed by atoms with Gasteiger partial charge in [-0.15, -0.1) is 0 Å². The van der Waals surface area contributed by atoms with Crippen molar-refractivity contribution < 1.29 is 9.18 Å². The van der Waals surface area contributed by atoms with Crippen molar-refractivity contribution in [1.82, 2.24) is 9.80 Å². The predicted molar refractivity (Wildman–Crippen MR) is 97.6 cm³/mol. The first-order valence-electron chi connectivity index (χ1n) is 8.99. The summed E-state index contributed by atoms with van der Waals surface area (Å²) in [7, 11) is 0. The van der Waals surface area contributed by atoms with Crippen LogP contribution in [0.3, 0.4) is 0 Å². The fourth-order valence-electron chi connectivity index (χ4n) is 3.25. The standard InChI is InChI=1S/C21H25FN2O/c22-20-11-9-19(10-12-20)17-23-13-15-24(16-14-23)21(25)8-4-7-18-5-2-1-3-6-18/h1-3,5-6,9-12H,4,7-8,13-17H2. The maximum absolute atomic E-state index is 13.0. The molecule has 1 aliphatic rings. The molecule has 2 aromatic carbocycles. The van der Waals surface area contributed by atoms with Gasteiger partial charge in [0, 0.05) is 39.1 Å². The van der Waals surface area contributed by atoms with E-state index in [2.05, 4.69) is 17.0 Å². The zero-order valence-electron chi connectivity index (χ0n) is 14.5. The molecule has 1 aliphatic heterocycles. The molecule has 0 radical (unpaired) electrons. The Hall–Kier alpha value is -2.20. The van der Waals surface area contributed by atoms with Crippen LogP contribution in [0.4, 0.5) is 4.39 Å². The molecule has 0 bridgehead atoms. The Morgan fingerprint density at radius 3 is 2.24 bits per heavy atom. The molecule has 0 unspecified atom stereocenters. The third kappa shape index (κ3) is 5.40. The molecule has 25 heavy (non-hydrogen) atoms. The van der Waals surface area contributed by atoms with Gasteiger partial charge in [-0.25, -0.2) is 4.39 Å². The highest BCUT2D eigenvalue weighted by molar-refractivity contribution is 5.76. The van der Waals surface area contributed by atoms with E-state index < -0.39 is 0 Å². The number of rotatable bonds is 6. The van der Waals surface area contributed by atoms with E-state index in [-0.39, 0.29) is 11.7 Å². The zero-order valence-corrected chi connectivity index (χ0v) is 14.5. The van der Waals surface area contributed by atoms with Crippen LogP contribution in [0.15, 0.2) is 54.6 Å². The molecule has 4 heteroatoms. The SMILES string of the molecule is O=C(CCCc1ccccc1)N1CCN(Cc2ccc(F)cc2)CC1. The topological polar surface area (TPSA) is 23.6 Å². The zero-order chi connectivity index (χ0) is 17.5. The third-order valence-corrected chi connectivity index (χ3v) is 4.74. The molecule has 1 amide bonds. The minimum absolute atomic E-state index is 0.199. The number of hydrogen-bond donors (Lipinski definition) is 0. The number of carbonyl (C=O) groups is 1. The number of aryl methyl sites for hydroxylation is 1. The molecule has 1 heterocycles. The highest BCUT2D eigenvalue weighted by atomic mass is 19.1. The van der Waals surface area contributed by atoms with Gasteiger partial charge in [0.05, 0.1) is 0 Å². The number of halogens is 1. The molecule has 132 valence electrons. The summed E-state index contributed by atoms with van der Waals surface area (Å²) < 4.78 is 13.0. The second-order valence-corrected chi connectivity index (χ2v) is 6.62. The van der Waals surface area contributed by atoms with Gasteiger partial charge in [0.25, 0.3) is 0 Å². The van der Waals surface area contributed by atoms with Gasteiger partial charge in [-0.2, -0.15) is 0 Å². The van der Waals surface area contributed by atoms with Crippen LogP contribution in [0.1, 0.15) is 24.0 Å². The van der Waals surface area contributed by atoms with Crippen molar-refractivity contribution >= 4 is 5.91 Å². The first-order chi connectivity index (χ1) is 12.2. The molecule has 0 aromatic heterocycles. The van der Waals surface area contributed by atoms with E-state index in [4.69, 9.17) is 0 Å². The molecule has 0 atom stereocenters. The van der Waals surface area contributed by atoms with Crippen LogP contribution in [-0.2, 0) is 17.8 Å². The Labute approximate surface area is 149 Å². The lowest BCUT2D eigenvalue weighted by Gasteiger charge is -2.34.